The zero-order chi connectivity index (χ0) is 14.9. The second kappa shape index (κ2) is 5.41. The molecular formula is C12H14N6OS. The molecule has 0 aliphatic carbocycles. The van der Waals surface area contributed by atoms with Gasteiger partial charge in [-0.3, -0.25) is 10.2 Å². The molecule has 0 saturated heterocycles. The molecule has 0 amide bonds. The summed E-state index contributed by atoms with van der Waals surface area (Å²) in [6, 6.07) is 1.40. The second-order valence-electron chi connectivity index (χ2n) is 4.30. The van der Waals surface area contributed by atoms with Gasteiger partial charge < -0.3 is 10.7 Å². The Kier molecular flexibility index (Phi) is 3.84. The number of H-pyrrole nitrogens is 1. The van der Waals surface area contributed by atoms with Gasteiger partial charge in [0.2, 0.25) is 0 Å². The van der Waals surface area contributed by atoms with Crippen molar-refractivity contribution in [2.45, 2.75) is 31.0 Å². The molecule has 0 saturated carbocycles. The summed E-state index contributed by atoms with van der Waals surface area (Å²) in [5, 5.41) is 16.6. The number of amidine groups is 1. The normalized spacial score (nSPS) is 10.6. The van der Waals surface area contributed by atoms with Gasteiger partial charge in [0.1, 0.15) is 10.9 Å². The molecule has 0 aliphatic heterocycles. The maximum atomic E-state index is 11.4. The van der Waals surface area contributed by atoms with E-state index in [-0.39, 0.29) is 11.4 Å². The van der Waals surface area contributed by atoms with E-state index in [1.54, 1.807) is 13.8 Å². The van der Waals surface area contributed by atoms with Crippen LogP contribution in [0.3, 0.4) is 0 Å². The summed E-state index contributed by atoms with van der Waals surface area (Å²) in [6.07, 6.45) is 0. The van der Waals surface area contributed by atoms with Gasteiger partial charge >= 0.3 is 0 Å². The van der Waals surface area contributed by atoms with Crippen LogP contribution in [0.4, 0.5) is 0 Å². The first-order valence-electron chi connectivity index (χ1n) is 5.82. The molecule has 0 radical (unpaired) electrons. The summed E-state index contributed by atoms with van der Waals surface area (Å²) >= 11 is 1.13. The number of hydrogen-bond donors (Lipinski definition) is 3. The molecule has 0 aliphatic rings. The van der Waals surface area contributed by atoms with E-state index in [4.69, 9.17) is 11.1 Å². The summed E-state index contributed by atoms with van der Waals surface area (Å²) in [5.41, 5.74) is 8.01. The van der Waals surface area contributed by atoms with E-state index in [1.807, 2.05) is 6.92 Å². The van der Waals surface area contributed by atoms with Gasteiger partial charge in [-0.2, -0.15) is 5.10 Å². The molecule has 7 nitrogen and oxygen atoms in total. The van der Waals surface area contributed by atoms with Crippen LogP contribution in [0.2, 0.25) is 0 Å². The Morgan fingerprint density at radius 1 is 1.35 bits per heavy atom. The Hall–Kier alpha value is -2.22. The summed E-state index contributed by atoms with van der Waals surface area (Å²) in [5.74, 6) is -0.0852. The van der Waals surface area contributed by atoms with Crippen LogP contribution < -0.4 is 11.3 Å². The van der Waals surface area contributed by atoms with Crippen LogP contribution >= 0.6 is 11.8 Å². The average molecular weight is 290 g/mol. The van der Waals surface area contributed by atoms with Gasteiger partial charge in [-0.15, -0.1) is 5.10 Å². The molecule has 104 valence electrons. The van der Waals surface area contributed by atoms with E-state index >= 15 is 0 Å². The molecule has 2 aromatic heterocycles. The molecule has 0 unspecified atom stereocenters. The number of nitrogen functional groups attached to an aromatic ring is 1. The fraction of sp³-hybridized carbons (Fsp3) is 0.250. The van der Waals surface area contributed by atoms with Crippen LogP contribution in [0.5, 0.6) is 0 Å². The van der Waals surface area contributed by atoms with Crippen molar-refractivity contribution in [1.29, 1.82) is 5.41 Å². The third-order valence-corrected chi connectivity index (χ3v) is 3.60. The SMILES string of the molecule is Cc1cc(=O)[nH]c(Sc2nnc(C)c(C)c2C(=N)N)n1. The highest BCUT2D eigenvalue weighted by atomic mass is 32.2. The minimum Gasteiger partial charge on any atom is -0.384 e. The Bertz CT molecular complexity index is 739. The topological polar surface area (TPSA) is 121 Å². The maximum absolute atomic E-state index is 11.4. The van der Waals surface area contributed by atoms with Crippen LogP contribution in [0.15, 0.2) is 21.0 Å². The molecule has 0 atom stereocenters. The summed E-state index contributed by atoms with van der Waals surface area (Å²) < 4.78 is 0. The van der Waals surface area contributed by atoms with Crippen LogP contribution in [0.1, 0.15) is 22.5 Å². The molecule has 0 bridgehead atoms. The predicted molar refractivity (Wildman–Crippen MR) is 76.2 cm³/mol. The van der Waals surface area contributed by atoms with Crippen LogP contribution in [-0.2, 0) is 0 Å². The zero-order valence-corrected chi connectivity index (χ0v) is 12.1. The number of rotatable bonds is 3. The first-order valence-corrected chi connectivity index (χ1v) is 6.64. The zero-order valence-electron chi connectivity index (χ0n) is 11.3. The van der Waals surface area contributed by atoms with Crippen molar-refractivity contribution in [1.82, 2.24) is 20.2 Å². The maximum Gasteiger partial charge on any atom is 0.251 e. The lowest BCUT2D eigenvalue weighted by molar-refractivity contribution is 0.857. The Labute approximate surface area is 119 Å². The molecule has 20 heavy (non-hydrogen) atoms. The predicted octanol–water partition coefficient (Wildman–Crippen LogP) is 0.920. The van der Waals surface area contributed by atoms with Crippen molar-refractivity contribution in [2.24, 2.45) is 5.73 Å². The first kappa shape index (κ1) is 14.2. The molecule has 2 aromatic rings. The largest absolute Gasteiger partial charge is 0.384 e. The first-order chi connectivity index (χ1) is 9.38. The van der Waals surface area contributed by atoms with Crippen molar-refractivity contribution in [3.8, 4) is 0 Å². The van der Waals surface area contributed by atoms with Crippen LogP contribution in [0.25, 0.3) is 0 Å². The van der Waals surface area contributed by atoms with Gasteiger partial charge in [0.25, 0.3) is 5.56 Å². The fourth-order valence-corrected chi connectivity index (χ4v) is 2.64. The van der Waals surface area contributed by atoms with E-state index in [0.717, 1.165) is 17.3 Å². The van der Waals surface area contributed by atoms with Crippen molar-refractivity contribution >= 4 is 17.6 Å². The number of aryl methyl sites for hydroxylation is 2. The second-order valence-corrected chi connectivity index (χ2v) is 5.28. The molecule has 2 rings (SSSR count). The van der Waals surface area contributed by atoms with Crippen molar-refractivity contribution < 1.29 is 0 Å². The average Bonchev–Trinajstić information content (AvgIpc) is 2.32. The highest BCUT2D eigenvalue weighted by Gasteiger charge is 2.16. The Morgan fingerprint density at radius 3 is 2.65 bits per heavy atom. The summed E-state index contributed by atoms with van der Waals surface area (Å²) in [6.45, 7) is 5.37. The Balaban J connectivity index is 2.51. The van der Waals surface area contributed by atoms with E-state index in [2.05, 4.69) is 20.2 Å². The number of aromatic amines is 1. The van der Waals surface area contributed by atoms with Gasteiger partial charge in [0.15, 0.2) is 5.16 Å². The van der Waals surface area contributed by atoms with Gasteiger partial charge in [-0.25, -0.2) is 4.98 Å². The lowest BCUT2D eigenvalue weighted by atomic mass is 10.1. The summed E-state index contributed by atoms with van der Waals surface area (Å²) in [4.78, 5) is 18.3. The molecule has 4 N–H and O–H groups in total. The minimum absolute atomic E-state index is 0.0852. The fourth-order valence-electron chi connectivity index (χ4n) is 1.67. The molecule has 0 spiro atoms. The van der Waals surface area contributed by atoms with Crippen molar-refractivity contribution in [3.05, 3.63) is 38.9 Å². The lowest BCUT2D eigenvalue weighted by Crippen LogP contribution is -2.17. The summed E-state index contributed by atoms with van der Waals surface area (Å²) in [7, 11) is 0. The van der Waals surface area contributed by atoms with Gasteiger partial charge in [0.05, 0.1) is 11.3 Å². The number of aromatic nitrogens is 4. The van der Waals surface area contributed by atoms with Gasteiger partial charge in [-0.1, -0.05) is 0 Å². The monoisotopic (exact) mass is 290 g/mol. The third kappa shape index (κ3) is 2.85. The molecular weight excluding hydrogens is 276 g/mol. The Morgan fingerprint density at radius 2 is 2.05 bits per heavy atom. The molecule has 0 aromatic carbocycles. The highest BCUT2D eigenvalue weighted by Crippen LogP contribution is 2.27. The van der Waals surface area contributed by atoms with Crippen LogP contribution in [-0.4, -0.2) is 26.0 Å². The number of nitrogens with zero attached hydrogens (tertiary/aromatic N) is 3. The quantitative estimate of drug-likeness (QED) is 0.439. The number of hydrogen-bond acceptors (Lipinski definition) is 6. The number of nitrogens with two attached hydrogens (primary N) is 1. The molecule has 2 heterocycles. The van der Waals surface area contributed by atoms with E-state index in [1.165, 1.54) is 6.07 Å². The van der Waals surface area contributed by atoms with Gasteiger partial charge in [-0.05, 0) is 38.1 Å². The minimum atomic E-state index is -0.235. The van der Waals surface area contributed by atoms with Crippen molar-refractivity contribution in [2.75, 3.05) is 0 Å². The van der Waals surface area contributed by atoms with E-state index < -0.39 is 0 Å². The van der Waals surface area contributed by atoms with E-state index in [0.29, 0.717) is 27.1 Å². The smallest absolute Gasteiger partial charge is 0.251 e. The standard InChI is InChI=1S/C12H14N6OS/c1-5-4-8(19)16-12(15-5)20-11-9(10(13)14)6(2)7(3)17-18-11/h4H,1-3H3,(H3,13,14)(H,15,16,19). The molecule has 0 fully saturated rings. The number of nitrogens with one attached hydrogen (secondary N) is 2. The molecule has 8 heteroatoms. The van der Waals surface area contributed by atoms with Crippen LogP contribution in [0, 0.1) is 26.2 Å². The third-order valence-electron chi connectivity index (χ3n) is 2.73. The van der Waals surface area contributed by atoms with E-state index in [9.17, 15) is 4.79 Å². The van der Waals surface area contributed by atoms with Gasteiger partial charge in [0, 0.05) is 11.8 Å². The lowest BCUT2D eigenvalue weighted by Gasteiger charge is -2.10. The highest BCUT2D eigenvalue weighted by molar-refractivity contribution is 7.99. The van der Waals surface area contributed by atoms with Crippen molar-refractivity contribution in [3.63, 3.8) is 0 Å².